The highest BCUT2D eigenvalue weighted by Crippen LogP contribution is 2.73. The fourth-order valence-electron chi connectivity index (χ4n) is 14.6. The predicted molar refractivity (Wildman–Crippen MR) is 255 cm³/mol. The first kappa shape index (κ1) is 48.9. The number of nitrogens with zero attached hydrogens (tertiary/aromatic N) is 1. The van der Waals surface area contributed by atoms with Crippen molar-refractivity contribution >= 4 is 12.3 Å². The molecule has 9 atom stereocenters. The topological polar surface area (TPSA) is 108 Å². The number of benzene rings is 1. The zero-order valence-corrected chi connectivity index (χ0v) is 39.4. The van der Waals surface area contributed by atoms with E-state index in [0.717, 1.165) is 72.9 Å². The van der Waals surface area contributed by atoms with Crippen molar-refractivity contribution in [1.29, 1.82) is 0 Å². The van der Waals surface area contributed by atoms with Crippen LogP contribution in [-0.4, -0.2) is 61.2 Å². The molecular formula is C54H86N4O3. The number of rotatable bonds is 13. The van der Waals surface area contributed by atoms with Gasteiger partial charge in [-0.2, -0.15) is 0 Å². The molecule has 6 fully saturated rings. The van der Waals surface area contributed by atoms with Crippen LogP contribution in [0.2, 0.25) is 0 Å². The van der Waals surface area contributed by atoms with Crippen LogP contribution in [-0.2, 0) is 11.2 Å². The number of nitrogens with one attached hydrogen (secondary N) is 2. The van der Waals surface area contributed by atoms with Gasteiger partial charge in [0.05, 0.1) is 6.10 Å². The van der Waals surface area contributed by atoms with Gasteiger partial charge >= 0.3 is 0 Å². The zero-order chi connectivity index (χ0) is 44.3. The Hall–Kier alpha value is -3.16. The zero-order valence-electron chi connectivity index (χ0n) is 39.4. The average Bonchev–Trinajstić information content (AvgIpc) is 3.69. The van der Waals surface area contributed by atoms with Crippen LogP contribution in [0.1, 0.15) is 160 Å². The summed E-state index contributed by atoms with van der Waals surface area (Å²) in [6.45, 7) is 26.7. The van der Waals surface area contributed by atoms with Gasteiger partial charge in [-0.05, 0) is 210 Å². The summed E-state index contributed by atoms with van der Waals surface area (Å²) in [4.78, 5) is 24.6. The summed E-state index contributed by atoms with van der Waals surface area (Å²) in [7, 11) is 0. The predicted octanol–water partition coefficient (Wildman–Crippen LogP) is 11.0. The summed E-state index contributed by atoms with van der Waals surface area (Å²) in [5, 5.41) is 17.7. The molecule has 0 bridgehead atoms. The van der Waals surface area contributed by atoms with E-state index >= 15 is 0 Å². The molecule has 0 aromatic heterocycles. The number of carbonyl (C=O) groups excluding carboxylic acids is 2. The number of nitrogens with two attached hydrogens (primary N) is 1. The van der Waals surface area contributed by atoms with Crippen LogP contribution in [0.15, 0.2) is 73.0 Å². The number of aliphatic hydroxyl groups is 1. The molecule has 6 aliphatic rings. The first-order valence-electron chi connectivity index (χ1n) is 24.5. The summed E-state index contributed by atoms with van der Waals surface area (Å²) < 4.78 is 0. The number of fused-ring (bicyclic) bond motifs is 7. The molecule has 7 nitrogen and oxygen atoms in total. The number of aryl methyl sites for hydroxylation is 1. The maximum atomic E-state index is 13.4. The van der Waals surface area contributed by atoms with Crippen molar-refractivity contribution < 1.29 is 14.7 Å². The Kier molecular flexibility index (Phi) is 17.6. The summed E-state index contributed by atoms with van der Waals surface area (Å²) >= 11 is 0. The Morgan fingerprint density at radius 3 is 2.33 bits per heavy atom. The van der Waals surface area contributed by atoms with Crippen molar-refractivity contribution in [2.24, 2.45) is 57.0 Å². The number of amides is 2. The van der Waals surface area contributed by atoms with E-state index in [1.807, 2.05) is 26.0 Å². The number of piperidine rings is 1. The van der Waals surface area contributed by atoms with Crippen LogP contribution < -0.4 is 16.4 Å². The van der Waals surface area contributed by atoms with Gasteiger partial charge < -0.3 is 26.4 Å². The van der Waals surface area contributed by atoms with E-state index in [0.29, 0.717) is 28.7 Å². The Bertz CT molecular complexity index is 1670. The molecule has 1 aliphatic heterocycles. The lowest BCUT2D eigenvalue weighted by atomic mass is 9.36. The molecule has 340 valence electrons. The maximum Gasteiger partial charge on any atom is 0.251 e. The van der Waals surface area contributed by atoms with Gasteiger partial charge in [-0.1, -0.05) is 77.5 Å². The third-order valence-electron chi connectivity index (χ3n) is 17.5. The Morgan fingerprint density at radius 1 is 0.885 bits per heavy atom. The molecule has 5 N–H and O–H groups in total. The highest BCUT2D eigenvalue weighted by molar-refractivity contribution is 5.94. The van der Waals surface area contributed by atoms with Gasteiger partial charge in [0.2, 0.25) is 6.41 Å². The summed E-state index contributed by atoms with van der Waals surface area (Å²) in [5.41, 5.74) is 9.57. The van der Waals surface area contributed by atoms with E-state index in [-0.39, 0.29) is 23.8 Å². The third-order valence-corrected chi connectivity index (χ3v) is 17.5. The van der Waals surface area contributed by atoms with Crippen LogP contribution in [0.4, 0.5) is 0 Å². The second-order valence-corrected chi connectivity index (χ2v) is 21.1. The lowest BCUT2D eigenvalue weighted by molar-refractivity contribution is -0.214. The highest BCUT2D eigenvalue weighted by atomic mass is 16.3. The van der Waals surface area contributed by atoms with E-state index in [1.54, 1.807) is 6.08 Å². The number of aliphatic hydroxyl groups excluding tert-OH is 1. The lowest BCUT2D eigenvalue weighted by Gasteiger charge is -2.69. The van der Waals surface area contributed by atoms with Crippen LogP contribution in [0.3, 0.4) is 0 Å². The van der Waals surface area contributed by atoms with Gasteiger partial charge in [0.15, 0.2) is 0 Å². The van der Waals surface area contributed by atoms with E-state index in [4.69, 9.17) is 4.79 Å². The third kappa shape index (κ3) is 11.1. The molecule has 2 amide bonds. The highest BCUT2D eigenvalue weighted by Gasteiger charge is 2.66. The number of likely N-dealkylation sites (tertiary alicyclic amines) is 1. The fourth-order valence-corrected chi connectivity index (χ4v) is 14.6. The largest absolute Gasteiger partial charge is 0.393 e. The standard InChI is InChI=1S/C50H77N3O2.C3H6.CH3NO/c1-7-37(18-17-36(2)51-30-13-33-53-31-9-8-10-32-53)35-52-46(55)39-15-11-14-38(34-39)21-28-50-25-12-16-42(50)40-19-20-44-48(5,41(40)22-29-50)26-23-43-47(3,4)45(54)24-27-49(43,44)6;1-3-2;2-1-3/h7,11,14-15,17-18,34,40-45,51,54H,2,8-10,12-13,16,19-33,35H2,1,3-6H3,(H,52,55);3H,1H2,2H3;1H,(H2,2,3)/b18-17-,37-7+;;. The SMILES string of the molecule is C=C(/C=C\C(=C/C)CNC(=O)c1cccc(CCC23CCCC2C2CCC4C(C)(CCC5C(C)(C)C(O)CCC54C)C2CC3)c1)NCCCN1CCCCC1.C=CC.NC=O. The number of hydrogen-bond donors (Lipinski definition) is 4. The maximum absolute atomic E-state index is 13.4. The van der Waals surface area contributed by atoms with Crippen molar-refractivity contribution in [2.45, 2.75) is 157 Å². The van der Waals surface area contributed by atoms with Crippen LogP contribution in [0, 0.1) is 51.2 Å². The Balaban J connectivity index is 0.00000111. The number of primary amides is 1. The van der Waals surface area contributed by atoms with Gasteiger partial charge in [-0.3, -0.25) is 9.59 Å². The fraction of sp³-hybridized carbons (Fsp3) is 0.704. The molecule has 0 radical (unpaired) electrons. The number of hydrogen-bond acceptors (Lipinski definition) is 5. The van der Waals surface area contributed by atoms with Gasteiger partial charge in [0.1, 0.15) is 0 Å². The smallest absolute Gasteiger partial charge is 0.251 e. The minimum absolute atomic E-state index is 0.00552. The average molecular weight is 839 g/mol. The molecule has 9 unspecified atom stereocenters. The normalized spacial score (nSPS) is 34.1. The molecule has 5 saturated carbocycles. The molecule has 5 aliphatic carbocycles. The quantitative estimate of drug-likeness (QED) is 0.0685. The molecule has 7 heteroatoms. The molecule has 1 heterocycles. The van der Waals surface area contributed by atoms with Crippen LogP contribution >= 0.6 is 0 Å². The van der Waals surface area contributed by atoms with E-state index in [1.165, 1.54) is 109 Å². The van der Waals surface area contributed by atoms with Crippen molar-refractivity contribution in [2.75, 3.05) is 32.7 Å². The van der Waals surface area contributed by atoms with Crippen LogP contribution in [0.25, 0.3) is 0 Å². The Labute approximate surface area is 371 Å². The molecule has 1 saturated heterocycles. The summed E-state index contributed by atoms with van der Waals surface area (Å²) in [5.74, 6) is 4.06. The van der Waals surface area contributed by atoms with Crippen molar-refractivity contribution in [3.05, 3.63) is 84.1 Å². The molecule has 1 aromatic carbocycles. The van der Waals surface area contributed by atoms with Gasteiger partial charge in [0, 0.05) is 24.4 Å². The first-order valence-corrected chi connectivity index (χ1v) is 24.5. The van der Waals surface area contributed by atoms with E-state index in [2.05, 4.69) is 92.5 Å². The summed E-state index contributed by atoms with van der Waals surface area (Å²) in [6, 6.07) is 8.48. The number of allylic oxidation sites excluding steroid dienone is 3. The van der Waals surface area contributed by atoms with Gasteiger partial charge in [-0.15, -0.1) is 6.58 Å². The van der Waals surface area contributed by atoms with Crippen molar-refractivity contribution in [1.82, 2.24) is 15.5 Å². The van der Waals surface area contributed by atoms with Crippen molar-refractivity contribution in [3.8, 4) is 0 Å². The van der Waals surface area contributed by atoms with Crippen molar-refractivity contribution in [3.63, 3.8) is 0 Å². The monoisotopic (exact) mass is 839 g/mol. The van der Waals surface area contributed by atoms with Gasteiger partial charge in [0.25, 0.3) is 5.91 Å². The molecule has 7 rings (SSSR count). The van der Waals surface area contributed by atoms with Crippen LogP contribution in [0.5, 0.6) is 0 Å². The van der Waals surface area contributed by atoms with Gasteiger partial charge in [-0.25, -0.2) is 0 Å². The lowest BCUT2D eigenvalue weighted by Crippen LogP contribution is -2.63. The number of carbonyl (C=O) groups is 2. The summed E-state index contributed by atoms with van der Waals surface area (Å²) in [6.07, 6.45) is 30.3. The minimum atomic E-state index is -0.147. The molecule has 61 heavy (non-hydrogen) atoms. The molecule has 1 aromatic rings. The Morgan fingerprint density at radius 2 is 1.61 bits per heavy atom. The minimum Gasteiger partial charge on any atom is -0.393 e. The van der Waals surface area contributed by atoms with E-state index < -0.39 is 0 Å². The second kappa shape index (κ2) is 22.0. The molecule has 0 spiro atoms. The second-order valence-electron chi connectivity index (χ2n) is 21.1. The van der Waals surface area contributed by atoms with E-state index in [9.17, 15) is 9.90 Å². The first-order chi connectivity index (χ1) is 29.2. The molecular weight excluding hydrogens is 753 g/mol.